The average Bonchev–Trinajstić information content (AvgIpc) is 3.04. The number of fused-ring (bicyclic) bond motifs is 2. The topological polar surface area (TPSA) is 49.9 Å². The van der Waals surface area contributed by atoms with E-state index in [-0.39, 0.29) is 18.4 Å². The lowest BCUT2D eigenvalue weighted by atomic mass is 10.1. The van der Waals surface area contributed by atoms with Gasteiger partial charge in [0.2, 0.25) is 5.91 Å². The Morgan fingerprint density at radius 2 is 1.71 bits per heavy atom. The van der Waals surface area contributed by atoms with Crippen LogP contribution in [-0.4, -0.2) is 31.0 Å². The first-order valence-corrected chi connectivity index (χ1v) is 8.08. The highest BCUT2D eigenvalue weighted by molar-refractivity contribution is 6.01. The zero-order valence-corrected chi connectivity index (χ0v) is 13.4. The van der Waals surface area contributed by atoms with Gasteiger partial charge < -0.3 is 14.5 Å². The molecular formula is C19H18N2O3. The van der Waals surface area contributed by atoms with E-state index >= 15 is 0 Å². The third-order valence-corrected chi connectivity index (χ3v) is 4.58. The van der Waals surface area contributed by atoms with Crippen LogP contribution in [-0.2, 0) is 16.0 Å². The summed E-state index contributed by atoms with van der Waals surface area (Å²) in [5, 5.41) is 0. The standard InChI is InChI=1S/C19H18N2O3/c1-13(22)21-12-18(24-17-9-5-4-8-16(17)21)19(23)20-11-10-14-6-2-3-7-15(14)20/h2-9,18H,10-12H2,1H3/t18-/m1/s1. The van der Waals surface area contributed by atoms with Gasteiger partial charge in [-0.3, -0.25) is 9.59 Å². The Bertz CT molecular complexity index is 818. The maximum atomic E-state index is 13.0. The van der Waals surface area contributed by atoms with Crippen molar-refractivity contribution >= 4 is 23.2 Å². The molecule has 0 bridgehead atoms. The van der Waals surface area contributed by atoms with Crippen molar-refractivity contribution in [3.8, 4) is 5.75 Å². The van der Waals surface area contributed by atoms with Gasteiger partial charge in [-0.2, -0.15) is 0 Å². The molecule has 0 N–H and O–H groups in total. The molecule has 2 amide bonds. The molecule has 0 fully saturated rings. The number of rotatable bonds is 1. The molecule has 0 unspecified atom stereocenters. The Kier molecular flexibility index (Phi) is 3.49. The molecule has 2 heterocycles. The van der Waals surface area contributed by atoms with E-state index in [1.54, 1.807) is 15.9 Å². The quantitative estimate of drug-likeness (QED) is 0.810. The number of carbonyl (C=O) groups is 2. The molecule has 122 valence electrons. The van der Waals surface area contributed by atoms with E-state index in [0.29, 0.717) is 12.3 Å². The van der Waals surface area contributed by atoms with Crippen LogP contribution in [0, 0.1) is 0 Å². The van der Waals surface area contributed by atoms with E-state index in [1.807, 2.05) is 42.5 Å². The number of anilines is 2. The summed E-state index contributed by atoms with van der Waals surface area (Å²) < 4.78 is 5.92. The minimum Gasteiger partial charge on any atom is -0.476 e. The average molecular weight is 322 g/mol. The summed E-state index contributed by atoms with van der Waals surface area (Å²) in [6.45, 7) is 2.40. The Morgan fingerprint density at radius 3 is 2.50 bits per heavy atom. The molecule has 2 aliphatic heterocycles. The molecule has 1 atom stereocenters. The molecule has 2 aliphatic rings. The second-order valence-electron chi connectivity index (χ2n) is 6.07. The van der Waals surface area contributed by atoms with Gasteiger partial charge in [-0.1, -0.05) is 30.3 Å². The molecule has 5 heteroatoms. The lowest BCUT2D eigenvalue weighted by Gasteiger charge is -2.35. The van der Waals surface area contributed by atoms with Gasteiger partial charge in [-0.05, 0) is 30.2 Å². The zero-order valence-electron chi connectivity index (χ0n) is 13.4. The van der Waals surface area contributed by atoms with Crippen LogP contribution < -0.4 is 14.5 Å². The van der Waals surface area contributed by atoms with Gasteiger partial charge in [0.25, 0.3) is 5.91 Å². The number of carbonyl (C=O) groups excluding carboxylic acids is 2. The Labute approximate surface area is 140 Å². The van der Waals surface area contributed by atoms with Crippen LogP contribution in [0.3, 0.4) is 0 Å². The second kappa shape index (κ2) is 5.67. The van der Waals surface area contributed by atoms with E-state index in [1.165, 1.54) is 12.5 Å². The van der Waals surface area contributed by atoms with Crippen molar-refractivity contribution < 1.29 is 14.3 Å². The minimum absolute atomic E-state index is 0.0922. The molecule has 0 spiro atoms. The van der Waals surface area contributed by atoms with Gasteiger partial charge in [-0.25, -0.2) is 0 Å². The second-order valence-corrected chi connectivity index (χ2v) is 6.07. The van der Waals surface area contributed by atoms with Crippen LogP contribution in [0.2, 0.25) is 0 Å². The highest BCUT2D eigenvalue weighted by atomic mass is 16.5. The summed E-state index contributed by atoms with van der Waals surface area (Å²) >= 11 is 0. The number of hydrogen-bond donors (Lipinski definition) is 0. The van der Waals surface area contributed by atoms with Gasteiger partial charge in [0.05, 0.1) is 12.2 Å². The predicted octanol–water partition coefficient (Wildman–Crippen LogP) is 2.39. The Balaban J connectivity index is 1.64. The Morgan fingerprint density at radius 1 is 1.00 bits per heavy atom. The molecule has 2 aromatic carbocycles. The number of ether oxygens (including phenoxy) is 1. The maximum Gasteiger partial charge on any atom is 0.269 e. The first-order valence-electron chi connectivity index (χ1n) is 8.08. The lowest BCUT2D eigenvalue weighted by molar-refractivity contribution is -0.125. The molecule has 2 aromatic rings. The van der Waals surface area contributed by atoms with Crippen molar-refractivity contribution in [3.63, 3.8) is 0 Å². The van der Waals surface area contributed by atoms with Crippen LogP contribution in [0.15, 0.2) is 48.5 Å². The highest BCUT2D eigenvalue weighted by Crippen LogP contribution is 2.35. The van der Waals surface area contributed by atoms with Crippen LogP contribution in [0.25, 0.3) is 0 Å². The summed E-state index contributed by atoms with van der Waals surface area (Å²) in [7, 11) is 0. The molecule has 4 rings (SSSR count). The van der Waals surface area contributed by atoms with Gasteiger partial charge in [-0.15, -0.1) is 0 Å². The molecule has 0 aromatic heterocycles. The van der Waals surface area contributed by atoms with Crippen molar-refractivity contribution in [3.05, 3.63) is 54.1 Å². The number of amides is 2. The molecular weight excluding hydrogens is 304 g/mol. The van der Waals surface area contributed by atoms with E-state index in [4.69, 9.17) is 4.74 Å². The SMILES string of the molecule is CC(=O)N1C[C@H](C(=O)N2CCc3ccccc32)Oc2ccccc21. The largest absolute Gasteiger partial charge is 0.476 e. The van der Waals surface area contributed by atoms with Gasteiger partial charge in [0.15, 0.2) is 6.10 Å². The number of benzene rings is 2. The first-order chi connectivity index (χ1) is 11.6. The zero-order chi connectivity index (χ0) is 16.7. The van der Waals surface area contributed by atoms with Crippen molar-refractivity contribution in [1.29, 1.82) is 0 Å². The molecule has 0 radical (unpaired) electrons. The fraction of sp³-hybridized carbons (Fsp3) is 0.263. The summed E-state index contributed by atoms with van der Waals surface area (Å²) in [5.41, 5.74) is 2.83. The predicted molar refractivity (Wildman–Crippen MR) is 91.4 cm³/mol. The highest BCUT2D eigenvalue weighted by Gasteiger charge is 2.37. The van der Waals surface area contributed by atoms with E-state index < -0.39 is 6.10 Å². The van der Waals surface area contributed by atoms with Crippen molar-refractivity contribution in [2.24, 2.45) is 0 Å². The third kappa shape index (κ3) is 2.33. The summed E-state index contributed by atoms with van der Waals surface area (Å²) in [4.78, 5) is 28.4. The number of hydrogen-bond acceptors (Lipinski definition) is 3. The fourth-order valence-corrected chi connectivity index (χ4v) is 3.40. The van der Waals surface area contributed by atoms with Gasteiger partial charge in [0.1, 0.15) is 5.75 Å². The maximum absolute atomic E-state index is 13.0. The van der Waals surface area contributed by atoms with Gasteiger partial charge in [0, 0.05) is 19.2 Å². The molecule has 24 heavy (non-hydrogen) atoms. The van der Waals surface area contributed by atoms with E-state index in [9.17, 15) is 9.59 Å². The molecule has 0 aliphatic carbocycles. The molecule has 5 nitrogen and oxygen atoms in total. The van der Waals surface area contributed by atoms with Gasteiger partial charge >= 0.3 is 0 Å². The smallest absolute Gasteiger partial charge is 0.269 e. The molecule has 0 saturated carbocycles. The normalized spacial score (nSPS) is 18.6. The summed E-state index contributed by atoms with van der Waals surface area (Å²) in [5.74, 6) is 0.385. The van der Waals surface area contributed by atoms with Crippen molar-refractivity contribution in [2.45, 2.75) is 19.4 Å². The van der Waals surface area contributed by atoms with Crippen LogP contribution in [0.5, 0.6) is 5.75 Å². The lowest BCUT2D eigenvalue weighted by Crippen LogP contribution is -2.51. The summed E-state index contributed by atoms with van der Waals surface area (Å²) in [6, 6.07) is 15.2. The van der Waals surface area contributed by atoms with Crippen LogP contribution in [0.1, 0.15) is 12.5 Å². The van der Waals surface area contributed by atoms with Crippen LogP contribution >= 0.6 is 0 Å². The van der Waals surface area contributed by atoms with Crippen LogP contribution in [0.4, 0.5) is 11.4 Å². The summed E-state index contributed by atoms with van der Waals surface area (Å²) in [6.07, 6.45) is 0.164. The van der Waals surface area contributed by atoms with Crippen molar-refractivity contribution in [2.75, 3.05) is 22.9 Å². The minimum atomic E-state index is -0.685. The van der Waals surface area contributed by atoms with E-state index in [0.717, 1.165) is 17.8 Å². The monoisotopic (exact) mass is 322 g/mol. The Hall–Kier alpha value is -2.82. The van der Waals surface area contributed by atoms with E-state index in [2.05, 4.69) is 0 Å². The fourth-order valence-electron chi connectivity index (χ4n) is 3.40. The first kappa shape index (κ1) is 14.8. The number of nitrogens with zero attached hydrogens (tertiary/aromatic N) is 2. The van der Waals surface area contributed by atoms with Crippen molar-refractivity contribution in [1.82, 2.24) is 0 Å². The number of para-hydroxylation sites is 3. The third-order valence-electron chi connectivity index (χ3n) is 4.58. The molecule has 0 saturated heterocycles.